The van der Waals surface area contributed by atoms with E-state index in [1.165, 1.54) is 6.26 Å². The third kappa shape index (κ3) is 4.78. The van der Waals surface area contributed by atoms with Gasteiger partial charge in [0.25, 0.3) is 0 Å². The van der Waals surface area contributed by atoms with E-state index in [9.17, 15) is 9.90 Å². The summed E-state index contributed by atoms with van der Waals surface area (Å²) in [6.45, 7) is 0.882. The first-order valence-electron chi connectivity index (χ1n) is 10.7. The molecule has 0 aliphatic rings. The van der Waals surface area contributed by atoms with E-state index < -0.39 is 11.9 Å². The van der Waals surface area contributed by atoms with Crippen LogP contribution in [0.3, 0.4) is 0 Å². The Kier molecular flexibility index (Phi) is 5.98. The van der Waals surface area contributed by atoms with Crippen molar-refractivity contribution in [3.8, 4) is 5.75 Å². The largest absolute Gasteiger partial charge is 0.487 e. The lowest BCUT2D eigenvalue weighted by Gasteiger charge is -2.13. The highest BCUT2D eigenvalue weighted by Crippen LogP contribution is 2.28. The molecular weight excluding hydrogens is 434 g/mol. The minimum Gasteiger partial charge on any atom is -0.487 e. The molecule has 9 heteroatoms. The van der Waals surface area contributed by atoms with Crippen LogP contribution in [0.1, 0.15) is 35.0 Å². The molecule has 34 heavy (non-hydrogen) atoms. The van der Waals surface area contributed by atoms with Gasteiger partial charge in [0.15, 0.2) is 0 Å². The van der Waals surface area contributed by atoms with Gasteiger partial charge in [-0.25, -0.2) is 4.98 Å². The molecule has 1 N–H and O–H groups in total. The summed E-state index contributed by atoms with van der Waals surface area (Å²) in [5, 5.41) is 14.2. The number of carboxylic acids is 1. The summed E-state index contributed by atoms with van der Waals surface area (Å²) in [5.74, 6) is -0.634. The predicted octanol–water partition coefficient (Wildman–Crippen LogP) is 4.05. The first-order chi connectivity index (χ1) is 16.7. The molecule has 1 atom stereocenters. The number of nitrogens with zero attached hydrogens (tertiary/aromatic N) is 5. The van der Waals surface area contributed by atoms with Crippen molar-refractivity contribution in [2.45, 2.75) is 25.5 Å². The molecular formula is C25H21N5O4. The van der Waals surface area contributed by atoms with Crippen molar-refractivity contribution >= 4 is 17.0 Å². The summed E-state index contributed by atoms with van der Waals surface area (Å²) in [4.78, 5) is 24.5. The van der Waals surface area contributed by atoms with Crippen molar-refractivity contribution in [3.63, 3.8) is 0 Å². The van der Waals surface area contributed by atoms with Crippen LogP contribution < -0.4 is 4.74 Å². The molecule has 4 aromatic heterocycles. The van der Waals surface area contributed by atoms with Crippen LogP contribution in [0.2, 0.25) is 0 Å². The Balaban J connectivity index is 1.28. The zero-order valence-corrected chi connectivity index (χ0v) is 18.1. The maximum absolute atomic E-state index is 11.3. The van der Waals surface area contributed by atoms with Crippen LogP contribution in [0.5, 0.6) is 5.75 Å². The lowest BCUT2D eigenvalue weighted by molar-refractivity contribution is -0.137. The van der Waals surface area contributed by atoms with Gasteiger partial charge < -0.3 is 18.9 Å². The molecule has 5 aromatic rings. The highest BCUT2D eigenvalue weighted by Gasteiger charge is 2.20. The quantitative estimate of drug-likeness (QED) is 0.354. The summed E-state index contributed by atoms with van der Waals surface area (Å²) in [6.07, 6.45) is 8.41. The van der Waals surface area contributed by atoms with Gasteiger partial charge in [-0.15, -0.1) is 0 Å². The fraction of sp³-hybridized carbons (Fsp3) is 0.160. The fourth-order valence-electron chi connectivity index (χ4n) is 3.82. The normalized spacial score (nSPS) is 12.0. The van der Waals surface area contributed by atoms with Crippen LogP contribution in [-0.2, 0) is 17.9 Å². The number of hydrogen-bond acceptors (Lipinski definition) is 7. The molecule has 0 fully saturated rings. The van der Waals surface area contributed by atoms with Gasteiger partial charge in [0.2, 0.25) is 0 Å². The number of carboxylic acid groups (broad SMARTS) is 1. The molecule has 0 saturated heterocycles. The van der Waals surface area contributed by atoms with E-state index in [4.69, 9.17) is 14.2 Å². The van der Waals surface area contributed by atoms with Crippen LogP contribution in [0.25, 0.3) is 11.0 Å². The van der Waals surface area contributed by atoms with Crippen molar-refractivity contribution in [1.29, 1.82) is 0 Å². The van der Waals surface area contributed by atoms with E-state index in [0.29, 0.717) is 24.6 Å². The lowest BCUT2D eigenvalue weighted by Crippen LogP contribution is -2.08. The van der Waals surface area contributed by atoms with Crippen LogP contribution in [0, 0.1) is 0 Å². The lowest BCUT2D eigenvalue weighted by atomic mass is 9.92. The molecule has 0 saturated carbocycles. The maximum atomic E-state index is 11.3. The molecule has 0 spiro atoms. The molecule has 0 bridgehead atoms. The Morgan fingerprint density at radius 2 is 1.94 bits per heavy atom. The van der Waals surface area contributed by atoms with Crippen LogP contribution in [-0.4, -0.2) is 35.8 Å². The molecule has 0 aliphatic carbocycles. The zero-order valence-electron chi connectivity index (χ0n) is 18.1. The second-order valence-corrected chi connectivity index (χ2v) is 7.79. The number of rotatable bonds is 9. The van der Waals surface area contributed by atoms with Gasteiger partial charge in [-0.2, -0.15) is 0 Å². The van der Waals surface area contributed by atoms with Gasteiger partial charge in [-0.3, -0.25) is 14.8 Å². The highest BCUT2D eigenvalue weighted by atomic mass is 16.5. The second kappa shape index (κ2) is 9.53. The maximum Gasteiger partial charge on any atom is 0.304 e. The zero-order chi connectivity index (χ0) is 23.3. The summed E-state index contributed by atoms with van der Waals surface area (Å²) in [7, 11) is 0. The molecule has 0 radical (unpaired) electrons. The van der Waals surface area contributed by atoms with Gasteiger partial charge in [0.1, 0.15) is 24.3 Å². The minimum absolute atomic E-state index is 0.0785. The Hall–Kier alpha value is -4.53. The topological polar surface area (TPSA) is 116 Å². The number of hydrogen-bond donors (Lipinski definition) is 1. The SMILES string of the molecule is O=C(O)C[C@@H](c1ccc(OCc2ccc3ccn(Cc4cnccn4)c3n2)cc1)c1ccon1. The van der Waals surface area contributed by atoms with Gasteiger partial charge in [-0.1, -0.05) is 17.3 Å². The molecule has 5 rings (SSSR count). The average molecular weight is 455 g/mol. The fourth-order valence-corrected chi connectivity index (χ4v) is 3.82. The van der Waals surface area contributed by atoms with E-state index in [-0.39, 0.29) is 6.42 Å². The molecule has 1 aromatic carbocycles. The van der Waals surface area contributed by atoms with Crippen molar-refractivity contribution in [2.75, 3.05) is 0 Å². The molecule has 4 heterocycles. The van der Waals surface area contributed by atoms with Crippen LogP contribution in [0.4, 0.5) is 0 Å². The van der Waals surface area contributed by atoms with Crippen molar-refractivity contribution in [3.05, 3.63) is 102 Å². The number of pyridine rings is 1. The van der Waals surface area contributed by atoms with E-state index in [1.54, 1.807) is 24.7 Å². The first-order valence-corrected chi connectivity index (χ1v) is 10.7. The van der Waals surface area contributed by atoms with Crippen LogP contribution >= 0.6 is 0 Å². The summed E-state index contributed by atoms with van der Waals surface area (Å²) < 4.78 is 12.9. The number of aromatic nitrogens is 5. The van der Waals surface area contributed by atoms with Crippen molar-refractivity contribution in [2.24, 2.45) is 0 Å². The standard InChI is InChI=1S/C25H21N5O4/c31-24(32)13-22(23-8-12-34-29-23)17-2-5-21(6-3-17)33-16-19-4-1-18-7-11-30(25(18)28-19)15-20-14-26-9-10-27-20/h1-12,14,22H,13,15-16H2,(H,31,32)/t22-/m0/s1. The van der Waals surface area contributed by atoms with Crippen LogP contribution in [0.15, 0.2) is 84.1 Å². The predicted molar refractivity (Wildman–Crippen MR) is 122 cm³/mol. The smallest absolute Gasteiger partial charge is 0.304 e. The third-order valence-corrected chi connectivity index (χ3v) is 5.48. The van der Waals surface area contributed by atoms with E-state index in [1.807, 2.05) is 53.2 Å². The number of benzene rings is 1. The number of aliphatic carboxylic acids is 1. The van der Waals surface area contributed by atoms with Crippen molar-refractivity contribution < 1.29 is 19.2 Å². The van der Waals surface area contributed by atoms with E-state index >= 15 is 0 Å². The van der Waals surface area contributed by atoms with E-state index in [2.05, 4.69) is 15.1 Å². The van der Waals surface area contributed by atoms with E-state index in [0.717, 1.165) is 28.0 Å². The summed E-state index contributed by atoms with van der Waals surface area (Å²) in [6, 6.07) is 15.0. The van der Waals surface area contributed by atoms with Gasteiger partial charge in [-0.05, 0) is 35.9 Å². The summed E-state index contributed by atoms with van der Waals surface area (Å²) >= 11 is 0. The number of carbonyl (C=O) groups is 1. The Labute approximate surface area is 194 Å². The minimum atomic E-state index is -0.904. The third-order valence-electron chi connectivity index (χ3n) is 5.48. The van der Waals surface area contributed by atoms with Gasteiger partial charge in [0, 0.05) is 36.0 Å². The molecule has 0 amide bonds. The summed E-state index contributed by atoms with van der Waals surface area (Å²) in [5.41, 5.74) is 3.91. The van der Waals surface area contributed by atoms with Crippen molar-refractivity contribution in [1.82, 2.24) is 24.7 Å². The molecule has 0 aliphatic heterocycles. The van der Waals surface area contributed by atoms with Gasteiger partial charge >= 0.3 is 5.97 Å². The molecule has 9 nitrogen and oxygen atoms in total. The highest BCUT2D eigenvalue weighted by molar-refractivity contribution is 5.76. The Bertz CT molecular complexity index is 1380. The average Bonchev–Trinajstić information content (AvgIpc) is 3.53. The number of fused-ring (bicyclic) bond motifs is 1. The Morgan fingerprint density at radius 3 is 2.68 bits per heavy atom. The monoisotopic (exact) mass is 455 g/mol. The molecule has 170 valence electrons. The van der Waals surface area contributed by atoms with Gasteiger partial charge in [0.05, 0.1) is 36.2 Å². The second-order valence-electron chi connectivity index (χ2n) is 7.79. The Morgan fingerprint density at radius 1 is 1.06 bits per heavy atom. The molecule has 0 unspecified atom stereocenters. The number of ether oxygens (including phenoxy) is 1. The first kappa shape index (κ1) is 21.3.